The van der Waals surface area contributed by atoms with Crippen molar-refractivity contribution < 1.29 is 0 Å². The topological polar surface area (TPSA) is 15.3 Å². The Kier molecular flexibility index (Phi) is 7.56. The third kappa shape index (κ3) is 6.40. The summed E-state index contributed by atoms with van der Waals surface area (Å²) < 4.78 is 0. The van der Waals surface area contributed by atoms with Gasteiger partial charge in [-0.3, -0.25) is 0 Å². The van der Waals surface area contributed by atoms with Crippen LogP contribution in [-0.2, 0) is 0 Å². The summed E-state index contributed by atoms with van der Waals surface area (Å²) in [4.78, 5) is 2.52. The largest absolute Gasteiger partial charge is 0.356 e. The van der Waals surface area contributed by atoms with E-state index < -0.39 is 0 Å². The van der Waals surface area contributed by atoms with Crippen molar-refractivity contribution in [1.29, 1.82) is 0 Å². The molecule has 1 atom stereocenters. The highest BCUT2D eigenvalue weighted by atomic mass is 15.2. The molecule has 0 aromatic heterocycles. The summed E-state index contributed by atoms with van der Waals surface area (Å²) in [6, 6.07) is 35.5. The molecule has 37 heavy (non-hydrogen) atoms. The molecule has 0 saturated heterocycles. The molecule has 0 saturated carbocycles. The van der Waals surface area contributed by atoms with E-state index in [0.29, 0.717) is 6.04 Å². The SMILES string of the molecule is Cc1ccc(Nc2ccc(/C=C/C3=CCC(N(c4ccc(C)cc4)c4ccc(C)cc4)CC3)cc2)cc1. The van der Waals surface area contributed by atoms with Gasteiger partial charge in [-0.1, -0.05) is 89.0 Å². The molecule has 0 fully saturated rings. The van der Waals surface area contributed by atoms with Crippen LogP contribution in [-0.4, -0.2) is 6.04 Å². The minimum absolute atomic E-state index is 0.453. The minimum atomic E-state index is 0.453. The van der Waals surface area contributed by atoms with Crippen molar-refractivity contribution in [2.75, 3.05) is 10.2 Å². The molecule has 1 N–H and O–H groups in total. The maximum Gasteiger partial charge on any atom is 0.0413 e. The highest BCUT2D eigenvalue weighted by Crippen LogP contribution is 2.34. The van der Waals surface area contributed by atoms with Crippen molar-refractivity contribution in [3.05, 3.63) is 137 Å². The highest BCUT2D eigenvalue weighted by molar-refractivity contribution is 5.66. The summed E-state index contributed by atoms with van der Waals surface area (Å²) >= 11 is 0. The molecule has 0 aliphatic heterocycles. The zero-order chi connectivity index (χ0) is 25.6. The Bertz CT molecular complexity index is 1310. The van der Waals surface area contributed by atoms with E-state index in [9.17, 15) is 0 Å². The van der Waals surface area contributed by atoms with Crippen LogP contribution in [0.5, 0.6) is 0 Å². The molecule has 2 heteroatoms. The number of hydrogen-bond acceptors (Lipinski definition) is 2. The van der Waals surface area contributed by atoms with Gasteiger partial charge in [-0.05, 0) is 94.1 Å². The lowest BCUT2D eigenvalue weighted by Crippen LogP contribution is -2.32. The Morgan fingerprint density at radius 3 is 1.59 bits per heavy atom. The van der Waals surface area contributed by atoms with Crippen molar-refractivity contribution >= 4 is 28.8 Å². The van der Waals surface area contributed by atoms with Gasteiger partial charge in [-0.15, -0.1) is 0 Å². The van der Waals surface area contributed by atoms with E-state index in [2.05, 4.69) is 146 Å². The van der Waals surface area contributed by atoms with Gasteiger partial charge in [-0.25, -0.2) is 0 Å². The van der Waals surface area contributed by atoms with Crippen LogP contribution < -0.4 is 10.2 Å². The molecule has 0 spiro atoms. The fourth-order valence-electron chi connectivity index (χ4n) is 4.89. The summed E-state index contributed by atoms with van der Waals surface area (Å²) in [7, 11) is 0. The second-order valence-electron chi connectivity index (χ2n) is 10.2. The van der Waals surface area contributed by atoms with E-state index in [1.165, 1.54) is 39.2 Å². The number of aryl methyl sites for hydroxylation is 3. The molecule has 1 aliphatic rings. The van der Waals surface area contributed by atoms with Crippen LogP contribution in [0, 0.1) is 20.8 Å². The Labute approximate surface area is 222 Å². The molecule has 4 aromatic carbocycles. The van der Waals surface area contributed by atoms with Crippen molar-refractivity contribution in [1.82, 2.24) is 0 Å². The monoisotopic (exact) mass is 484 g/mol. The van der Waals surface area contributed by atoms with E-state index in [0.717, 1.165) is 30.6 Å². The number of anilines is 4. The van der Waals surface area contributed by atoms with Gasteiger partial charge in [0.15, 0.2) is 0 Å². The second-order valence-corrected chi connectivity index (χ2v) is 10.2. The summed E-state index contributed by atoms with van der Waals surface area (Å²) in [5, 5.41) is 3.47. The van der Waals surface area contributed by atoms with Gasteiger partial charge in [0.25, 0.3) is 0 Å². The third-order valence-corrected chi connectivity index (χ3v) is 7.15. The van der Waals surface area contributed by atoms with Gasteiger partial charge < -0.3 is 10.2 Å². The van der Waals surface area contributed by atoms with Crippen LogP contribution in [0.2, 0.25) is 0 Å². The molecule has 4 aromatic rings. The average Bonchev–Trinajstić information content (AvgIpc) is 2.92. The van der Waals surface area contributed by atoms with Crippen molar-refractivity contribution in [2.45, 2.75) is 46.1 Å². The quantitative estimate of drug-likeness (QED) is 0.281. The Balaban J connectivity index is 1.25. The summed E-state index contributed by atoms with van der Waals surface area (Å²) in [5.41, 5.74) is 11.3. The summed E-state index contributed by atoms with van der Waals surface area (Å²) in [5.74, 6) is 0. The first kappa shape index (κ1) is 24.6. The lowest BCUT2D eigenvalue weighted by atomic mass is 9.92. The van der Waals surface area contributed by atoms with Gasteiger partial charge in [0, 0.05) is 28.8 Å². The molecule has 2 nitrogen and oxygen atoms in total. The third-order valence-electron chi connectivity index (χ3n) is 7.15. The number of benzene rings is 4. The Hall–Kier alpha value is -4.04. The molecule has 1 aliphatic carbocycles. The standard InChI is InChI=1S/C35H36N2/c1-26-4-16-31(17-5-26)36-32-18-12-29(13-19-32)10-11-30-14-24-35(25-15-30)37(33-20-6-27(2)7-21-33)34-22-8-28(3)9-23-34/h4-14,16-23,35-36H,15,24-25H2,1-3H3/b11-10+. The van der Waals surface area contributed by atoms with Gasteiger partial charge in [0.2, 0.25) is 0 Å². The summed E-state index contributed by atoms with van der Waals surface area (Å²) in [6.07, 6.45) is 10.2. The highest BCUT2D eigenvalue weighted by Gasteiger charge is 2.22. The molecule has 1 unspecified atom stereocenters. The molecule has 0 amide bonds. The first-order valence-electron chi connectivity index (χ1n) is 13.3. The normalized spacial score (nSPS) is 15.4. The number of rotatable bonds is 7. The van der Waals surface area contributed by atoms with Crippen LogP contribution in [0.15, 0.2) is 115 Å². The van der Waals surface area contributed by atoms with Crippen LogP contribution >= 0.6 is 0 Å². The molecular formula is C35H36N2. The predicted molar refractivity (Wildman–Crippen MR) is 160 cm³/mol. The minimum Gasteiger partial charge on any atom is -0.356 e. The van der Waals surface area contributed by atoms with Gasteiger partial charge >= 0.3 is 0 Å². The van der Waals surface area contributed by atoms with Crippen LogP contribution in [0.25, 0.3) is 6.08 Å². The molecule has 5 rings (SSSR count). The first-order valence-corrected chi connectivity index (χ1v) is 13.3. The lowest BCUT2D eigenvalue weighted by molar-refractivity contribution is 0.581. The number of nitrogens with zero attached hydrogens (tertiary/aromatic N) is 1. The lowest BCUT2D eigenvalue weighted by Gasteiger charge is -2.36. The summed E-state index contributed by atoms with van der Waals surface area (Å²) in [6.45, 7) is 6.41. The van der Waals surface area contributed by atoms with Gasteiger partial charge in [0.1, 0.15) is 0 Å². The molecule has 0 heterocycles. The number of nitrogens with one attached hydrogen (secondary N) is 1. The van der Waals surface area contributed by atoms with E-state index >= 15 is 0 Å². The van der Waals surface area contributed by atoms with Gasteiger partial charge in [-0.2, -0.15) is 0 Å². The fraction of sp³-hybridized carbons (Fsp3) is 0.200. The predicted octanol–water partition coefficient (Wildman–Crippen LogP) is 9.69. The maximum absolute atomic E-state index is 3.47. The van der Waals surface area contributed by atoms with E-state index in [4.69, 9.17) is 0 Å². The van der Waals surface area contributed by atoms with E-state index in [-0.39, 0.29) is 0 Å². The number of allylic oxidation sites excluding steroid dienone is 2. The Morgan fingerprint density at radius 1 is 0.622 bits per heavy atom. The van der Waals surface area contributed by atoms with Crippen molar-refractivity contribution in [3.8, 4) is 0 Å². The molecular weight excluding hydrogens is 448 g/mol. The zero-order valence-corrected chi connectivity index (χ0v) is 22.1. The maximum atomic E-state index is 3.47. The van der Waals surface area contributed by atoms with Crippen molar-refractivity contribution in [2.24, 2.45) is 0 Å². The molecule has 0 radical (unpaired) electrons. The van der Waals surface area contributed by atoms with Gasteiger partial charge in [0.05, 0.1) is 0 Å². The van der Waals surface area contributed by atoms with Crippen LogP contribution in [0.1, 0.15) is 41.5 Å². The molecule has 0 bridgehead atoms. The number of hydrogen-bond donors (Lipinski definition) is 1. The fourth-order valence-corrected chi connectivity index (χ4v) is 4.89. The van der Waals surface area contributed by atoms with E-state index in [1.807, 2.05) is 0 Å². The average molecular weight is 485 g/mol. The second kappa shape index (κ2) is 11.3. The van der Waals surface area contributed by atoms with Crippen LogP contribution in [0.4, 0.5) is 22.7 Å². The molecule has 186 valence electrons. The van der Waals surface area contributed by atoms with Crippen LogP contribution in [0.3, 0.4) is 0 Å². The zero-order valence-electron chi connectivity index (χ0n) is 22.1. The van der Waals surface area contributed by atoms with E-state index in [1.54, 1.807) is 0 Å². The smallest absolute Gasteiger partial charge is 0.0413 e. The Morgan fingerprint density at radius 2 is 1.11 bits per heavy atom. The van der Waals surface area contributed by atoms with Crippen molar-refractivity contribution in [3.63, 3.8) is 0 Å². The first-order chi connectivity index (χ1) is 18.0.